The number of hydrazine groups is 1. The van der Waals surface area contributed by atoms with Crippen LogP contribution >= 0.6 is 11.6 Å². The smallest absolute Gasteiger partial charge is 0.238 e. The molecule has 140 valence electrons. The molecule has 0 spiro atoms. The molecule has 0 aliphatic carbocycles. The first-order valence-corrected chi connectivity index (χ1v) is 8.88. The molecule has 0 saturated carbocycles. The largest absolute Gasteiger partial charge is 0.494 e. The first kappa shape index (κ1) is 18.7. The zero-order valence-corrected chi connectivity index (χ0v) is 15.5. The molecule has 0 aliphatic rings. The predicted octanol–water partition coefficient (Wildman–Crippen LogP) is 3.86. The number of carbonyl (C=O) groups excluding carboxylic acids is 1. The number of anilines is 1. The Balaban J connectivity index is 1.49. The molecule has 0 saturated heterocycles. The number of halogens is 1. The summed E-state index contributed by atoms with van der Waals surface area (Å²) in [6.07, 6.45) is 0.547. The molecule has 0 bridgehead atoms. The van der Waals surface area contributed by atoms with Crippen molar-refractivity contribution in [3.63, 3.8) is 0 Å². The van der Waals surface area contributed by atoms with Crippen LogP contribution in [0.15, 0.2) is 53.1 Å². The fourth-order valence-corrected chi connectivity index (χ4v) is 2.52. The molecular formula is C19H19ClN4O3. The van der Waals surface area contributed by atoms with Crippen LogP contribution in [0, 0.1) is 0 Å². The highest BCUT2D eigenvalue weighted by atomic mass is 35.5. The second-order valence-electron chi connectivity index (χ2n) is 5.65. The SMILES string of the molecule is CCOc1ccc(-c2noc(CCC(=O)NNc3cccc(Cl)c3)n2)cc1. The van der Waals surface area contributed by atoms with Crippen molar-refractivity contribution < 1.29 is 14.1 Å². The molecule has 27 heavy (non-hydrogen) atoms. The van der Waals surface area contributed by atoms with Gasteiger partial charge in [0.05, 0.1) is 12.3 Å². The Morgan fingerprint density at radius 2 is 2.04 bits per heavy atom. The van der Waals surface area contributed by atoms with E-state index in [2.05, 4.69) is 21.0 Å². The molecule has 3 rings (SSSR count). The van der Waals surface area contributed by atoms with E-state index in [0.717, 1.165) is 11.3 Å². The topological polar surface area (TPSA) is 89.3 Å². The minimum Gasteiger partial charge on any atom is -0.494 e. The van der Waals surface area contributed by atoms with Crippen molar-refractivity contribution >= 4 is 23.2 Å². The summed E-state index contributed by atoms with van der Waals surface area (Å²) >= 11 is 5.89. The quantitative estimate of drug-likeness (QED) is 0.571. The van der Waals surface area contributed by atoms with Crippen molar-refractivity contribution in [2.75, 3.05) is 12.0 Å². The zero-order valence-electron chi connectivity index (χ0n) is 14.7. The van der Waals surface area contributed by atoms with Crippen molar-refractivity contribution in [2.45, 2.75) is 19.8 Å². The van der Waals surface area contributed by atoms with Crippen molar-refractivity contribution in [1.82, 2.24) is 15.6 Å². The fourth-order valence-electron chi connectivity index (χ4n) is 2.33. The van der Waals surface area contributed by atoms with Crippen LogP contribution in [-0.4, -0.2) is 22.7 Å². The van der Waals surface area contributed by atoms with E-state index >= 15 is 0 Å². The summed E-state index contributed by atoms with van der Waals surface area (Å²) in [7, 11) is 0. The number of rotatable bonds is 8. The van der Waals surface area contributed by atoms with Crippen LogP contribution in [0.25, 0.3) is 11.4 Å². The number of benzene rings is 2. The Morgan fingerprint density at radius 1 is 1.22 bits per heavy atom. The van der Waals surface area contributed by atoms with Crippen LogP contribution in [0.5, 0.6) is 5.75 Å². The normalized spacial score (nSPS) is 10.4. The number of nitrogens with zero attached hydrogens (tertiary/aromatic N) is 2. The summed E-state index contributed by atoms with van der Waals surface area (Å²) < 4.78 is 10.6. The highest BCUT2D eigenvalue weighted by Crippen LogP contribution is 2.20. The summed E-state index contributed by atoms with van der Waals surface area (Å²) in [4.78, 5) is 16.3. The lowest BCUT2D eigenvalue weighted by Gasteiger charge is -2.07. The molecule has 0 unspecified atom stereocenters. The maximum atomic E-state index is 11.9. The van der Waals surface area contributed by atoms with Crippen LogP contribution in [0.1, 0.15) is 19.2 Å². The Morgan fingerprint density at radius 3 is 2.78 bits per heavy atom. The third-order valence-electron chi connectivity index (χ3n) is 3.63. The minimum atomic E-state index is -0.198. The monoisotopic (exact) mass is 386 g/mol. The van der Waals surface area contributed by atoms with Gasteiger partial charge in [0.1, 0.15) is 5.75 Å². The number of hydrogen-bond acceptors (Lipinski definition) is 6. The molecule has 2 aromatic carbocycles. The Labute approximate surface area is 161 Å². The number of ether oxygens (including phenoxy) is 1. The van der Waals surface area contributed by atoms with Crippen LogP contribution < -0.4 is 15.6 Å². The maximum Gasteiger partial charge on any atom is 0.238 e. The van der Waals surface area contributed by atoms with Crippen molar-refractivity contribution in [2.24, 2.45) is 0 Å². The number of aryl methyl sites for hydroxylation is 1. The summed E-state index contributed by atoms with van der Waals surface area (Å²) in [6.45, 7) is 2.54. The minimum absolute atomic E-state index is 0.198. The molecule has 1 aromatic heterocycles. The Kier molecular flexibility index (Phi) is 6.27. The van der Waals surface area contributed by atoms with Gasteiger partial charge in [-0.05, 0) is 49.4 Å². The van der Waals surface area contributed by atoms with Gasteiger partial charge in [0, 0.05) is 23.4 Å². The first-order chi connectivity index (χ1) is 13.1. The Hall–Kier alpha value is -3.06. The molecule has 8 heteroatoms. The summed E-state index contributed by atoms with van der Waals surface area (Å²) in [6, 6.07) is 14.5. The highest BCUT2D eigenvalue weighted by molar-refractivity contribution is 6.30. The number of amides is 1. The van der Waals surface area contributed by atoms with E-state index < -0.39 is 0 Å². The van der Waals surface area contributed by atoms with Gasteiger partial charge in [0.15, 0.2) is 0 Å². The maximum absolute atomic E-state index is 11.9. The molecule has 1 heterocycles. The number of carbonyl (C=O) groups is 1. The molecule has 2 N–H and O–H groups in total. The molecule has 1 amide bonds. The lowest BCUT2D eigenvalue weighted by molar-refractivity contribution is -0.120. The number of aromatic nitrogens is 2. The summed E-state index contributed by atoms with van der Waals surface area (Å²) in [5, 5.41) is 4.54. The van der Waals surface area contributed by atoms with Crippen molar-refractivity contribution in [3.8, 4) is 17.1 Å². The van der Waals surface area contributed by atoms with Crippen LogP contribution in [0.3, 0.4) is 0 Å². The summed E-state index contributed by atoms with van der Waals surface area (Å²) in [5.41, 5.74) is 6.93. The second-order valence-corrected chi connectivity index (χ2v) is 6.09. The lowest BCUT2D eigenvalue weighted by Crippen LogP contribution is -2.29. The lowest BCUT2D eigenvalue weighted by atomic mass is 10.2. The van der Waals surface area contributed by atoms with Gasteiger partial charge in [-0.25, -0.2) is 0 Å². The van der Waals surface area contributed by atoms with E-state index in [1.807, 2.05) is 31.2 Å². The van der Waals surface area contributed by atoms with Crippen LogP contribution in [-0.2, 0) is 11.2 Å². The number of hydrogen-bond donors (Lipinski definition) is 2. The fraction of sp³-hybridized carbons (Fsp3) is 0.211. The van der Waals surface area contributed by atoms with E-state index in [1.54, 1.807) is 24.3 Å². The summed E-state index contributed by atoms with van der Waals surface area (Å²) in [5.74, 6) is 1.46. The number of nitrogens with one attached hydrogen (secondary N) is 2. The van der Waals surface area contributed by atoms with Gasteiger partial charge in [-0.2, -0.15) is 4.98 Å². The highest BCUT2D eigenvalue weighted by Gasteiger charge is 2.11. The molecule has 0 fully saturated rings. The molecule has 3 aromatic rings. The van der Waals surface area contributed by atoms with Crippen molar-refractivity contribution in [3.05, 3.63) is 59.4 Å². The second kappa shape index (κ2) is 9.05. The van der Waals surface area contributed by atoms with Gasteiger partial charge in [-0.1, -0.05) is 22.8 Å². The van der Waals surface area contributed by atoms with E-state index in [4.69, 9.17) is 20.9 Å². The van der Waals surface area contributed by atoms with E-state index in [-0.39, 0.29) is 12.3 Å². The molecule has 0 aliphatic heterocycles. The van der Waals surface area contributed by atoms with Gasteiger partial charge in [0.25, 0.3) is 0 Å². The average Bonchev–Trinajstić information content (AvgIpc) is 3.15. The standard InChI is InChI=1S/C19H19ClN4O3/c1-2-26-16-8-6-13(7-9-16)19-21-18(27-24-19)11-10-17(25)23-22-15-5-3-4-14(20)12-15/h3-9,12,22H,2,10-11H2,1H3,(H,23,25). The zero-order chi connectivity index (χ0) is 19.1. The Bertz CT molecular complexity index is 896. The third-order valence-corrected chi connectivity index (χ3v) is 3.86. The third kappa shape index (κ3) is 5.46. The van der Waals surface area contributed by atoms with E-state index in [0.29, 0.717) is 35.5 Å². The van der Waals surface area contributed by atoms with Crippen LogP contribution in [0.4, 0.5) is 5.69 Å². The van der Waals surface area contributed by atoms with Gasteiger partial charge in [-0.3, -0.25) is 15.6 Å². The van der Waals surface area contributed by atoms with Gasteiger partial charge < -0.3 is 9.26 Å². The van der Waals surface area contributed by atoms with Gasteiger partial charge in [0.2, 0.25) is 17.6 Å². The molecular weight excluding hydrogens is 368 g/mol. The van der Waals surface area contributed by atoms with E-state index in [9.17, 15) is 4.79 Å². The first-order valence-electron chi connectivity index (χ1n) is 8.50. The van der Waals surface area contributed by atoms with Gasteiger partial charge in [-0.15, -0.1) is 0 Å². The van der Waals surface area contributed by atoms with Crippen molar-refractivity contribution in [1.29, 1.82) is 0 Å². The predicted molar refractivity (Wildman–Crippen MR) is 102 cm³/mol. The van der Waals surface area contributed by atoms with Gasteiger partial charge >= 0.3 is 0 Å². The van der Waals surface area contributed by atoms with E-state index in [1.165, 1.54) is 0 Å². The van der Waals surface area contributed by atoms with Crippen LogP contribution in [0.2, 0.25) is 5.02 Å². The average molecular weight is 387 g/mol. The molecule has 7 nitrogen and oxygen atoms in total. The molecule has 0 atom stereocenters. The molecule has 0 radical (unpaired) electrons.